The minimum atomic E-state index is 0.454. The molecular weight excluding hydrogens is 246 g/mol. The van der Waals surface area contributed by atoms with E-state index in [1.54, 1.807) is 7.11 Å². The highest BCUT2D eigenvalue weighted by Gasteiger charge is 2.17. The van der Waals surface area contributed by atoms with Gasteiger partial charge in [-0.2, -0.15) is 0 Å². The van der Waals surface area contributed by atoms with Crippen LogP contribution < -0.4 is 10.1 Å². The molecule has 0 spiro atoms. The molecule has 3 nitrogen and oxygen atoms in total. The van der Waals surface area contributed by atoms with Crippen LogP contribution in [0.2, 0.25) is 0 Å². The first-order chi connectivity index (χ1) is 6.79. The van der Waals surface area contributed by atoms with Gasteiger partial charge < -0.3 is 14.8 Å². The lowest BCUT2D eigenvalue weighted by Crippen LogP contribution is -2.40. The van der Waals surface area contributed by atoms with Crippen LogP contribution in [0.3, 0.4) is 0 Å². The van der Waals surface area contributed by atoms with Gasteiger partial charge in [-0.1, -0.05) is 0 Å². The van der Waals surface area contributed by atoms with Crippen molar-refractivity contribution in [1.82, 2.24) is 0 Å². The van der Waals surface area contributed by atoms with Crippen molar-refractivity contribution in [2.75, 3.05) is 25.6 Å². The predicted molar refractivity (Wildman–Crippen MR) is 58.9 cm³/mol. The zero-order chi connectivity index (χ0) is 9.97. The van der Waals surface area contributed by atoms with Crippen LogP contribution >= 0.6 is 15.9 Å². The number of hydrogen-bond donors (Lipinski definition) is 1. The Bertz CT molecular complexity index is 326. The fourth-order valence-electron chi connectivity index (χ4n) is 1.31. The first-order valence-electron chi connectivity index (χ1n) is 4.47. The molecule has 2 rings (SSSR count). The zero-order valence-electron chi connectivity index (χ0n) is 7.92. The summed E-state index contributed by atoms with van der Waals surface area (Å²) in [5.74, 6) is 0.848. The highest BCUT2D eigenvalue weighted by molar-refractivity contribution is 9.10. The molecule has 0 aromatic heterocycles. The van der Waals surface area contributed by atoms with Crippen LogP contribution in [0, 0.1) is 0 Å². The van der Waals surface area contributed by atoms with Gasteiger partial charge in [-0.25, -0.2) is 0 Å². The predicted octanol–water partition coefficient (Wildman–Crippen LogP) is 2.27. The van der Waals surface area contributed by atoms with Crippen molar-refractivity contribution in [3.63, 3.8) is 0 Å². The van der Waals surface area contributed by atoms with E-state index in [1.165, 1.54) is 0 Å². The lowest BCUT2D eigenvalue weighted by Gasteiger charge is -2.28. The third kappa shape index (κ3) is 2.01. The number of anilines is 1. The van der Waals surface area contributed by atoms with Gasteiger partial charge in [-0.3, -0.25) is 0 Å². The van der Waals surface area contributed by atoms with Crippen LogP contribution in [-0.4, -0.2) is 26.4 Å². The molecule has 0 aliphatic carbocycles. The lowest BCUT2D eigenvalue weighted by atomic mass is 10.2. The summed E-state index contributed by atoms with van der Waals surface area (Å²) in [7, 11) is 1.66. The van der Waals surface area contributed by atoms with Gasteiger partial charge in [0.1, 0.15) is 5.75 Å². The van der Waals surface area contributed by atoms with E-state index >= 15 is 0 Å². The number of benzene rings is 1. The van der Waals surface area contributed by atoms with Gasteiger partial charge in [0.25, 0.3) is 0 Å². The molecule has 0 atom stereocenters. The van der Waals surface area contributed by atoms with Crippen molar-refractivity contribution >= 4 is 21.6 Å². The number of ether oxygens (including phenoxy) is 2. The quantitative estimate of drug-likeness (QED) is 0.902. The largest absolute Gasteiger partial charge is 0.496 e. The minimum absolute atomic E-state index is 0.454. The lowest BCUT2D eigenvalue weighted by molar-refractivity contribution is 0.0211. The number of hydrogen-bond acceptors (Lipinski definition) is 3. The summed E-state index contributed by atoms with van der Waals surface area (Å²) in [6.07, 6.45) is 0. The van der Waals surface area contributed by atoms with Crippen molar-refractivity contribution in [2.24, 2.45) is 0 Å². The third-order valence-corrected chi connectivity index (χ3v) is 2.78. The molecule has 1 heterocycles. The Morgan fingerprint density at radius 3 is 2.79 bits per heavy atom. The summed E-state index contributed by atoms with van der Waals surface area (Å²) >= 11 is 3.44. The Morgan fingerprint density at radius 1 is 1.50 bits per heavy atom. The first-order valence-corrected chi connectivity index (χ1v) is 5.26. The SMILES string of the molecule is COc1ccc(NC2COC2)cc1Br. The van der Waals surface area contributed by atoms with E-state index in [2.05, 4.69) is 21.2 Å². The van der Waals surface area contributed by atoms with Crippen molar-refractivity contribution in [1.29, 1.82) is 0 Å². The molecule has 4 heteroatoms. The highest BCUT2D eigenvalue weighted by atomic mass is 79.9. The zero-order valence-corrected chi connectivity index (χ0v) is 9.50. The Kier molecular flexibility index (Phi) is 2.93. The van der Waals surface area contributed by atoms with Crippen molar-refractivity contribution in [3.8, 4) is 5.75 Å². The maximum atomic E-state index is 5.15. The second kappa shape index (κ2) is 4.19. The van der Waals surface area contributed by atoms with Crippen molar-refractivity contribution in [2.45, 2.75) is 6.04 Å². The van der Waals surface area contributed by atoms with Crippen LogP contribution in [0.5, 0.6) is 5.75 Å². The molecule has 0 unspecified atom stereocenters. The Morgan fingerprint density at radius 2 is 2.29 bits per heavy atom. The molecule has 1 aromatic carbocycles. The van der Waals surface area contributed by atoms with Gasteiger partial charge in [0.05, 0.1) is 30.8 Å². The van der Waals surface area contributed by atoms with Crippen LogP contribution in [0.4, 0.5) is 5.69 Å². The molecule has 14 heavy (non-hydrogen) atoms. The first kappa shape index (κ1) is 9.80. The summed E-state index contributed by atoms with van der Waals surface area (Å²) in [6.45, 7) is 1.59. The number of nitrogens with one attached hydrogen (secondary N) is 1. The third-order valence-electron chi connectivity index (χ3n) is 2.16. The van der Waals surface area contributed by atoms with Crippen molar-refractivity contribution < 1.29 is 9.47 Å². The van der Waals surface area contributed by atoms with Crippen LogP contribution in [-0.2, 0) is 4.74 Å². The molecule has 1 saturated heterocycles. The standard InChI is InChI=1S/C10H12BrNO2/c1-13-10-3-2-7(4-9(10)11)12-8-5-14-6-8/h2-4,8,12H,5-6H2,1H3. The fraction of sp³-hybridized carbons (Fsp3) is 0.400. The molecule has 1 aromatic rings. The van der Waals surface area contributed by atoms with E-state index in [0.29, 0.717) is 6.04 Å². The average molecular weight is 258 g/mol. The van der Waals surface area contributed by atoms with Crippen LogP contribution in [0.1, 0.15) is 0 Å². The van der Waals surface area contributed by atoms with Gasteiger partial charge in [-0.05, 0) is 34.1 Å². The van der Waals surface area contributed by atoms with Gasteiger partial charge in [0, 0.05) is 5.69 Å². The summed E-state index contributed by atoms with van der Waals surface area (Å²) in [6, 6.07) is 6.40. The Labute approximate surface area is 91.5 Å². The number of rotatable bonds is 3. The molecule has 1 fully saturated rings. The number of halogens is 1. The maximum absolute atomic E-state index is 5.15. The van der Waals surface area contributed by atoms with E-state index in [-0.39, 0.29) is 0 Å². The normalized spacial score (nSPS) is 16.1. The Balaban J connectivity index is 2.07. The molecule has 76 valence electrons. The topological polar surface area (TPSA) is 30.5 Å². The van der Waals surface area contributed by atoms with Gasteiger partial charge in [0.15, 0.2) is 0 Å². The fourth-order valence-corrected chi connectivity index (χ4v) is 1.85. The van der Waals surface area contributed by atoms with Gasteiger partial charge in [-0.15, -0.1) is 0 Å². The Hall–Kier alpha value is -0.740. The minimum Gasteiger partial charge on any atom is -0.496 e. The highest BCUT2D eigenvalue weighted by Crippen LogP contribution is 2.28. The summed E-state index contributed by atoms with van der Waals surface area (Å²) in [4.78, 5) is 0. The van der Waals surface area contributed by atoms with Gasteiger partial charge in [0.2, 0.25) is 0 Å². The van der Waals surface area contributed by atoms with Gasteiger partial charge >= 0.3 is 0 Å². The van der Waals surface area contributed by atoms with Crippen LogP contribution in [0.25, 0.3) is 0 Å². The van der Waals surface area contributed by atoms with E-state index in [9.17, 15) is 0 Å². The second-order valence-electron chi connectivity index (χ2n) is 3.23. The van der Waals surface area contributed by atoms with E-state index in [0.717, 1.165) is 29.1 Å². The average Bonchev–Trinajstić information content (AvgIpc) is 2.12. The number of methoxy groups -OCH3 is 1. The molecule has 0 saturated carbocycles. The summed E-state index contributed by atoms with van der Waals surface area (Å²) < 4.78 is 11.2. The second-order valence-corrected chi connectivity index (χ2v) is 4.08. The summed E-state index contributed by atoms with van der Waals surface area (Å²) in [5, 5.41) is 3.36. The molecule has 0 bridgehead atoms. The molecule has 0 radical (unpaired) electrons. The van der Waals surface area contributed by atoms with E-state index < -0.39 is 0 Å². The molecular formula is C10H12BrNO2. The monoisotopic (exact) mass is 257 g/mol. The maximum Gasteiger partial charge on any atom is 0.133 e. The molecule has 1 N–H and O–H groups in total. The molecule has 1 aliphatic heterocycles. The summed E-state index contributed by atoms with van der Waals surface area (Å²) in [5.41, 5.74) is 1.09. The van der Waals surface area contributed by atoms with Crippen molar-refractivity contribution in [3.05, 3.63) is 22.7 Å². The molecule has 0 amide bonds. The van der Waals surface area contributed by atoms with E-state index in [4.69, 9.17) is 9.47 Å². The molecule has 1 aliphatic rings. The van der Waals surface area contributed by atoms with Crippen LogP contribution in [0.15, 0.2) is 22.7 Å². The van der Waals surface area contributed by atoms with E-state index in [1.807, 2.05) is 18.2 Å². The smallest absolute Gasteiger partial charge is 0.133 e.